The van der Waals surface area contributed by atoms with Gasteiger partial charge in [0.05, 0.1) is 22.8 Å². The van der Waals surface area contributed by atoms with Crippen LogP contribution < -0.4 is 21.1 Å². The van der Waals surface area contributed by atoms with E-state index in [-0.39, 0.29) is 12.0 Å². The van der Waals surface area contributed by atoms with Crippen molar-refractivity contribution in [3.63, 3.8) is 0 Å². The topological polar surface area (TPSA) is 109 Å². The van der Waals surface area contributed by atoms with Crippen LogP contribution in [0, 0.1) is 0 Å². The number of aromatic nitrogens is 1. The lowest BCUT2D eigenvalue weighted by atomic mass is 10.0. The number of halogens is 2. The number of imide groups is 1. The number of benzene rings is 2. The molecule has 2 aromatic carbocycles. The summed E-state index contributed by atoms with van der Waals surface area (Å²) in [6.45, 7) is 2.10. The summed E-state index contributed by atoms with van der Waals surface area (Å²) in [6, 6.07) is 12.1. The van der Waals surface area contributed by atoms with E-state index in [2.05, 4.69) is 26.2 Å². The molecule has 0 radical (unpaired) electrons. The molecule has 3 aromatic rings. The minimum atomic E-state index is -0.621. The maximum Gasteiger partial charge on any atom is 0.335 e. The van der Waals surface area contributed by atoms with Gasteiger partial charge in [0.25, 0.3) is 5.91 Å². The molecule has 0 bridgehead atoms. The molecular formula is C27H27Cl2N5O4. The van der Waals surface area contributed by atoms with Crippen LogP contribution in [-0.4, -0.2) is 36.3 Å². The first kappa shape index (κ1) is 25.2. The van der Waals surface area contributed by atoms with Crippen LogP contribution in [0.5, 0.6) is 0 Å². The van der Waals surface area contributed by atoms with E-state index in [1.165, 1.54) is 0 Å². The van der Waals surface area contributed by atoms with E-state index in [9.17, 15) is 9.59 Å². The molecule has 3 amide bonds. The highest BCUT2D eigenvalue weighted by Crippen LogP contribution is 2.46. The summed E-state index contributed by atoms with van der Waals surface area (Å²) in [5, 5.41) is 7.70. The molecule has 1 atom stereocenters. The van der Waals surface area contributed by atoms with Crippen molar-refractivity contribution in [2.75, 3.05) is 18.0 Å². The van der Waals surface area contributed by atoms with Gasteiger partial charge in [0.15, 0.2) is 0 Å². The molecule has 6 rings (SSSR count). The van der Waals surface area contributed by atoms with E-state index in [1.807, 2.05) is 30.3 Å². The fourth-order valence-corrected chi connectivity index (χ4v) is 5.64. The standard InChI is InChI=1S/C27H27Cl2N5O4/c28-20-2-1-3-21(29)22(20)24-19(25(38-33-24)16-4-5-16)14-37-18-10-12-34(13-11-18)17-8-6-15(7-9-17)23-26(35)30-27(36)32-31-23/h1-3,6-9,16,18,23,31H,4-5,10-14H2,(H2,30,32,35,36). The Morgan fingerprint density at radius 2 is 1.71 bits per heavy atom. The number of carbonyl (C=O) groups excluding carboxylic acids is 2. The predicted molar refractivity (Wildman–Crippen MR) is 143 cm³/mol. The highest BCUT2D eigenvalue weighted by atomic mass is 35.5. The van der Waals surface area contributed by atoms with Gasteiger partial charge in [-0.15, -0.1) is 0 Å². The Morgan fingerprint density at radius 1 is 1.00 bits per heavy atom. The molecule has 2 aliphatic heterocycles. The largest absolute Gasteiger partial charge is 0.373 e. The Morgan fingerprint density at radius 3 is 2.37 bits per heavy atom. The number of carbonyl (C=O) groups is 2. The number of anilines is 1. The molecule has 1 saturated carbocycles. The van der Waals surface area contributed by atoms with E-state index >= 15 is 0 Å². The molecule has 1 unspecified atom stereocenters. The van der Waals surface area contributed by atoms with Crippen molar-refractivity contribution in [3.05, 3.63) is 69.4 Å². The maximum absolute atomic E-state index is 12.1. The summed E-state index contributed by atoms with van der Waals surface area (Å²) in [4.78, 5) is 25.7. The zero-order valence-electron chi connectivity index (χ0n) is 20.5. The van der Waals surface area contributed by atoms with Crippen molar-refractivity contribution in [1.29, 1.82) is 0 Å². The third-order valence-electron chi connectivity index (χ3n) is 7.29. The molecule has 0 spiro atoms. The number of rotatable bonds is 7. The lowest BCUT2D eigenvalue weighted by molar-refractivity contribution is -0.123. The van der Waals surface area contributed by atoms with Gasteiger partial charge < -0.3 is 14.2 Å². The van der Waals surface area contributed by atoms with Crippen LogP contribution in [-0.2, 0) is 16.1 Å². The quantitative estimate of drug-likeness (QED) is 0.372. The van der Waals surface area contributed by atoms with Gasteiger partial charge in [-0.25, -0.2) is 10.2 Å². The van der Waals surface area contributed by atoms with Crippen LogP contribution in [0.2, 0.25) is 10.0 Å². The molecule has 3 N–H and O–H groups in total. The molecule has 198 valence electrons. The average Bonchev–Trinajstić information content (AvgIpc) is 3.68. The van der Waals surface area contributed by atoms with Crippen LogP contribution in [0.4, 0.5) is 10.5 Å². The molecule has 2 saturated heterocycles. The van der Waals surface area contributed by atoms with Gasteiger partial charge in [-0.05, 0) is 55.5 Å². The van der Waals surface area contributed by atoms with E-state index in [1.54, 1.807) is 12.1 Å². The molecule has 1 aliphatic carbocycles. The second kappa shape index (κ2) is 10.6. The van der Waals surface area contributed by atoms with Crippen LogP contribution in [0.25, 0.3) is 11.3 Å². The summed E-state index contributed by atoms with van der Waals surface area (Å²) >= 11 is 13.0. The molecule has 38 heavy (non-hydrogen) atoms. The Hall–Kier alpha value is -3.11. The number of piperidine rings is 1. The zero-order valence-corrected chi connectivity index (χ0v) is 22.0. The second-order valence-electron chi connectivity index (χ2n) is 9.85. The first-order valence-electron chi connectivity index (χ1n) is 12.7. The van der Waals surface area contributed by atoms with Crippen molar-refractivity contribution in [2.45, 2.75) is 50.4 Å². The smallest absolute Gasteiger partial charge is 0.335 e. The summed E-state index contributed by atoms with van der Waals surface area (Å²) in [7, 11) is 0. The molecular weight excluding hydrogens is 529 g/mol. The maximum atomic E-state index is 12.1. The molecule has 3 aliphatic rings. The van der Waals surface area contributed by atoms with E-state index < -0.39 is 12.1 Å². The summed E-state index contributed by atoms with van der Waals surface area (Å²) in [6.07, 6.45) is 4.05. The molecule has 9 nitrogen and oxygen atoms in total. The number of hydrogen-bond acceptors (Lipinski definition) is 7. The highest BCUT2D eigenvalue weighted by molar-refractivity contribution is 6.39. The number of hydrogen-bond donors (Lipinski definition) is 3. The molecule has 3 heterocycles. The SMILES string of the molecule is O=C1NNC(c2ccc(N3CCC(OCc4c(-c5c(Cl)cccc5Cl)noc4C4CC4)CC3)cc2)C(=O)N1. The van der Waals surface area contributed by atoms with Gasteiger partial charge in [0.1, 0.15) is 17.5 Å². The summed E-state index contributed by atoms with van der Waals surface area (Å²) in [5.41, 5.74) is 9.32. The first-order chi connectivity index (χ1) is 18.5. The second-order valence-corrected chi connectivity index (χ2v) is 10.7. The van der Waals surface area contributed by atoms with E-state index in [4.69, 9.17) is 32.5 Å². The fourth-order valence-electron chi connectivity index (χ4n) is 5.06. The van der Waals surface area contributed by atoms with Crippen LogP contribution in [0.3, 0.4) is 0 Å². The van der Waals surface area contributed by atoms with Gasteiger partial charge >= 0.3 is 6.03 Å². The normalized spacial score (nSPS) is 20.4. The van der Waals surface area contributed by atoms with Gasteiger partial charge in [0.2, 0.25) is 0 Å². The minimum Gasteiger partial charge on any atom is -0.373 e. The number of hydrazine groups is 1. The molecule has 1 aromatic heterocycles. The van der Waals surface area contributed by atoms with E-state index in [0.717, 1.165) is 61.3 Å². The van der Waals surface area contributed by atoms with Crippen LogP contribution in [0.15, 0.2) is 47.0 Å². The number of urea groups is 1. The minimum absolute atomic E-state index is 0.112. The third-order valence-corrected chi connectivity index (χ3v) is 7.92. The Kier molecular flexibility index (Phi) is 7.01. The van der Waals surface area contributed by atoms with Gasteiger partial charge in [-0.2, -0.15) is 0 Å². The monoisotopic (exact) mass is 555 g/mol. The van der Waals surface area contributed by atoms with Gasteiger partial charge in [-0.3, -0.25) is 15.5 Å². The van der Waals surface area contributed by atoms with Crippen molar-refractivity contribution in [1.82, 2.24) is 21.3 Å². The lowest BCUT2D eigenvalue weighted by Gasteiger charge is -2.34. The van der Waals surface area contributed by atoms with E-state index in [0.29, 0.717) is 33.8 Å². The number of amides is 3. The Balaban J connectivity index is 1.08. The van der Waals surface area contributed by atoms with Crippen LogP contribution >= 0.6 is 23.2 Å². The number of ether oxygens (including phenoxy) is 1. The van der Waals surface area contributed by atoms with Gasteiger partial charge in [0, 0.05) is 35.8 Å². The van der Waals surface area contributed by atoms with Gasteiger partial charge in [-0.1, -0.05) is 46.6 Å². The third kappa shape index (κ3) is 5.11. The number of nitrogens with one attached hydrogen (secondary N) is 3. The molecule has 11 heteroatoms. The molecule has 3 fully saturated rings. The lowest BCUT2D eigenvalue weighted by Crippen LogP contribution is -2.58. The number of nitrogens with zero attached hydrogens (tertiary/aromatic N) is 2. The first-order valence-corrected chi connectivity index (χ1v) is 13.5. The average molecular weight is 556 g/mol. The van der Waals surface area contributed by atoms with Crippen molar-refractivity contribution in [3.8, 4) is 11.3 Å². The van der Waals surface area contributed by atoms with Crippen molar-refractivity contribution >= 4 is 40.8 Å². The summed E-state index contributed by atoms with van der Waals surface area (Å²) in [5.74, 6) is 0.887. The summed E-state index contributed by atoms with van der Waals surface area (Å²) < 4.78 is 12.1. The fraction of sp³-hybridized carbons (Fsp3) is 0.370. The Labute approximate surface area is 229 Å². The zero-order chi connectivity index (χ0) is 26.2. The predicted octanol–water partition coefficient (Wildman–Crippen LogP) is 5.10. The van der Waals surface area contributed by atoms with Crippen molar-refractivity contribution in [2.24, 2.45) is 0 Å². The van der Waals surface area contributed by atoms with Crippen molar-refractivity contribution < 1.29 is 18.8 Å². The highest BCUT2D eigenvalue weighted by Gasteiger charge is 2.34. The van der Waals surface area contributed by atoms with Crippen LogP contribution in [0.1, 0.15) is 54.5 Å². The Bertz CT molecular complexity index is 1330.